The SMILES string of the molecule is O=C(O)C12C=NN=C1c1ccc(C(F)(F)F)cc1OC2. The number of aliphatic carboxylic acids is 1. The van der Waals surface area contributed by atoms with Gasteiger partial charge in [0.05, 0.1) is 11.8 Å². The standard InChI is InChI=1S/C12H7F3N2O3/c13-12(14,15)6-1-2-7-8(3-6)20-5-11(10(18)19)4-16-17-9(7)11/h1-4H,5H2,(H,18,19). The van der Waals surface area contributed by atoms with E-state index in [-0.39, 0.29) is 23.6 Å². The van der Waals surface area contributed by atoms with Gasteiger partial charge in [-0.05, 0) is 18.2 Å². The van der Waals surface area contributed by atoms with Gasteiger partial charge in [-0.15, -0.1) is 0 Å². The second-order valence-corrected chi connectivity index (χ2v) is 4.47. The van der Waals surface area contributed by atoms with Gasteiger partial charge in [0.1, 0.15) is 18.1 Å². The third kappa shape index (κ3) is 1.60. The molecule has 0 bridgehead atoms. The Kier molecular flexibility index (Phi) is 2.41. The number of carboxylic acids is 1. The summed E-state index contributed by atoms with van der Waals surface area (Å²) in [5.74, 6) is -1.25. The first-order valence-corrected chi connectivity index (χ1v) is 5.55. The number of halogens is 3. The normalized spacial score (nSPS) is 23.6. The third-order valence-electron chi connectivity index (χ3n) is 3.26. The highest BCUT2D eigenvalue weighted by Crippen LogP contribution is 2.40. The zero-order valence-electron chi connectivity index (χ0n) is 9.81. The van der Waals surface area contributed by atoms with E-state index in [1.54, 1.807) is 0 Å². The summed E-state index contributed by atoms with van der Waals surface area (Å²) in [6, 6.07) is 2.85. The van der Waals surface area contributed by atoms with Gasteiger partial charge in [-0.1, -0.05) is 0 Å². The van der Waals surface area contributed by atoms with Crippen LogP contribution in [0.2, 0.25) is 0 Å². The predicted molar refractivity (Wildman–Crippen MR) is 62.0 cm³/mol. The minimum Gasteiger partial charge on any atom is -0.491 e. The van der Waals surface area contributed by atoms with E-state index in [9.17, 15) is 23.1 Å². The molecule has 0 radical (unpaired) electrons. The summed E-state index contributed by atoms with van der Waals surface area (Å²) < 4.78 is 43.1. The molecule has 5 nitrogen and oxygen atoms in total. The van der Waals surface area contributed by atoms with Crippen LogP contribution in [0.4, 0.5) is 13.2 Å². The number of carboxylic acid groups (broad SMARTS) is 1. The van der Waals surface area contributed by atoms with Gasteiger partial charge in [0.25, 0.3) is 0 Å². The number of alkyl halides is 3. The molecule has 1 atom stereocenters. The van der Waals surface area contributed by atoms with Gasteiger partial charge in [-0.2, -0.15) is 23.4 Å². The minimum atomic E-state index is -4.49. The maximum Gasteiger partial charge on any atom is 0.416 e. The van der Waals surface area contributed by atoms with E-state index in [1.807, 2.05) is 0 Å². The number of carbonyl (C=O) groups is 1. The molecule has 0 aromatic heterocycles. The summed E-state index contributed by atoms with van der Waals surface area (Å²) >= 11 is 0. The topological polar surface area (TPSA) is 71.2 Å². The number of benzene rings is 1. The number of fused-ring (bicyclic) bond motifs is 3. The number of hydrogen-bond acceptors (Lipinski definition) is 4. The number of hydrogen-bond donors (Lipinski definition) is 1. The van der Waals surface area contributed by atoms with Crippen molar-refractivity contribution < 1.29 is 27.8 Å². The molecule has 104 valence electrons. The van der Waals surface area contributed by atoms with E-state index in [4.69, 9.17) is 4.74 Å². The van der Waals surface area contributed by atoms with Crippen molar-refractivity contribution in [3.8, 4) is 5.75 Å². The molecular weight excluding hydrogens is 277 g/mol. The highest BCUT2D eigenvalue weighted by Gasteiger charge is 2.50. The molecule has 0 amide bonds. The van der Waals surface area contributed by atoms with E-state index in [0.717, 1.165) is 24.4 Å². The van der Waals surface area contributed by atoms with E-state index >= 15 is 0 Å². The molecule has 0 fully saturated rings. The van der Waals surface area contributed by atoms with Gasteiger partial charge in [0, 0.05) is 5.56 Å². The Balaban J connectivity index is 2.11. The quantitative estimate of drug-likeness (QED) is 0.856. The average Bonchev–Trinajstić information content (AvgIpc) is 2.82. The summed E-state index contributed by atoms with van der Waals surface area (Å²) in [7, 11) is 0. The summed E-state index contributed by atoms with van der Waals surface area (Å²) in [4.78, 5) is 11.4. The van der Waals surface area contributed by atoms with E-state index in [1.165, 1.54) is 0 Å². The zero-order valence-corrected chi connectivity index (χ0v) is 9.81. The fraction of sp³-hybridized carbons (Fsp3) is 0.250. The van der Waals surface area contributed by atoms with Crippen LogP contribution >= 0.6 is 0 Å². The molecule has 3 rings (SSSR count). The van der Waals surface area contributed by atoms with Crippen molar-refractivity contribution in [3.05, 3.63) is 29.3 Å². The molecule has 20 heavy (non-hydrogen) atoms. The predicted octanol–water partition coefficient (Wildman–Crippen LogP) is 1.96. The second kappa shape index (κ2) is 3.81. The molecule has 1 N–H and O–H groups in total. The van der Waals surface area contributed by atoms with Gasteiger partial charge in [-0.3, -0.25) is 4.79 Å². The van der Waals surface area contributed by atoms with Crippen molar-refractivity contribution in [1.82, 2.24) is 0 Å². The Morgan fingerprint density at radius 3 is 2.80 bits per heavy atom. The Hall–Kier alpha value is -2.38. The summed E-state index contributed by atoms with van der Waals surface area (Å²) in [5.41, 5.74) is -2.07. The van der Waals surface area contributed by atoms with Crippen LogP contribution in [0.15, 0.2) is 28.4 Å². The highest BCUT2D eigenvalue weighted by molar-refractivity contribution is 6.28. The van der Waals surface area contributed by atoms with Gasteiger partial charge in [0.15, 0.2) is 5.41 Å². The largest absolute Gasteiger partial charge is 0.491 e. The summed E-state index contributed by atoms with van der Waals surface area (Å²) in [6.45, 7) is -0.334. The van der Waals surface area contributed by atoms with Crippen molar-refractivity contribution in [2.75, 3.05) is 6.61 Å². The molecule has 2 aliphatic rings. The molecule has 0 spiro atoms. The fourth-order valence-corrected chi connectivity index (χ4v) is 2.16. The first kappa shape index (κ1) is 12.6. The van der Waals surface area contributed by atoms with Crippen LogP contribution in [0, 0.1) is 5.41 Å². The Bertz CT molecular complexity index is 666. The zero-order chi connectivity index (χ0) is 14.5. The molecule has 2 heterocycles. The lowest BCUT2D eigenvalue weighted by molar-refractivity contribution is -0.143. The van der Waals surface area contributed by atoms with Crippen LogP contribution in [0.5, 0.6) is 5.75 Å². The molecule has 1 aromatic rings. The van der Waals surface area contributed by atoms with Gasteiger partial charge in [0.2, 0.25) is 0 Å². The molecule has 0 saturated heterocycles. The van der Waals surface area contributed by atoms with Crippen LogP contribution < -0.4 is 4.74 Å². The number of rotatable bonds is 1. The lowest BCUT2D eigenvalue weighted by atomic mass is 9.79. The second-order valence-electron chi connectivity index (χ2n) is 4.47. The molecule has 2 aliphatic heterocycles. The summed E-state index contributed by atoms with van der Waals surface area (Å²) in [5, 5.41) is 16.6. The van der Waals surface area contributed by atoms with Crippen molar-refractivity contribution in [2.45, 2.75) is 6.18 Å². The Morgan fingerprint density at radius 2 is 2.15 bits per heavy atom. The Labute approximate surface area is 110 Å². The maximum absolute atomic E-state index is 12.6. The molecule has 8 heteroatoms. The number of nitrogens with zero attached hydrogens (tertiary/aromatic N) is 2. The van der Waals surface area contributed by atoms with E-state index in [0.29, 0.717) is 0 Å². The van der Waals surface area contributed by atoms with Crippen LogP contribution in [-0.2, 0) is 11.0 Å². The molecular formula is C12H7F3N2O3. The van der Waals surface area contributed by atoms with Gasteiger partial charge >= 0.3 is 12.1 Å². The van der Waals surface area contributed by atoms with Crippen molar-refractivity contribution in [3.63, 3.8) is 0 Å². The van der Waals surface area contributed by atoms with E-state index in [2.05, 4.69) is 10.2 Å². The first-order valence-electron chi connectivity index (χ1n) is 5.55. The van der Waals surface area contributed by atoms with Gasteiger partial charge in [-0.25, -0.2) is 0 Å². The Morgan fingerprint density at radius 1 is 1.40 bits per heavy atom. The van der Waals surface area contributed by atoms with Crippen LogP contribution in [0.1, 0.15) is 11.1 Å². The van der Waals surface area contributed by atoms with E-state index < -0.39 is 23.1 Å². The third-order valence-corrected chi connectivity index (χ3v) is 3.26. The van der Waals surface area contributed by atoms with Crippen molar-refractivity contribution in [2.24, 2.45) is 15.6 Å². The monoisotopic (exact) mass is 284 g/mol. The maximum atomic E-state index is 12.6. The molecule has 0 aliphatic carbocycles. The van der Waals surface area contributed by atoms with Crippen molar-refractivity contribution in [1.29, 1.82) is 0 Å². The smallest absolute Gasteiger partial charge is 0.416 e. The molecule has 1 aromatic carbocycles. The minimum absolute atomic E-state index is 0.0408. The van der Waals surface area contributed by atoms with Crippen LogP contribution in [0.3, 0.4) is 0 Å². The van der Waals surface area contributed by atoms with Crippen molar-refractivity contribution >= 4 is 17.9 Å². The lowest BCUT2D eigenvalue weighted by Crippen LogP contribution is -2.47. The molecule has 1 unspecified atom stereocenters. The average molecular weight is 284 g/mol. The lowest BCUT2D eigenvalue weighted by Gasteiger charge is -2.30. The van der Waals surface area contributed by atoms with Crippen LogP contribution in [0.25, 0.3) is 0 Å². The fourth-order valence-electron chi connectivity index (χ4n) is 2.16. The van der Waals surface area contributed by atoms with Crippen LogP contribution in [-0.4, -0.2) is 29.6 Å². The number of ether oxygens (including phenoxy) is 1. The summed E-state index contributed by atoms with van der Waals surface area (Å²) in [6.07, 6.45) is -3.36. The van der Waals surface area contributed by atoms with Gasteiger partial charge < -0.3 is 9.84 Å². The first-order chi connectivity index (χ1) is 9.34. The molecule has 0 saturated carbocycles. The highest BCUT2D eigenvalue weighted by atomic mass is 19.4.